The minimum absolute atomic E-state index is 0.162. The van der Waals surface area contributed by atoms with Gasteiger partial charge in [0.1, 0.15) is 11.8 Å². The van der Waals surface area contributed by atoms with Crippen molar-refractivity contribution in [3.63, 3.8) is 0 Å². The van der Waals surface area contributed by atoms with E-state index in [1.165, 1.54) is 17.0 Å². The van der Waals surface area contributed by atoms with Crippen molar-refractivity contribution in [3.05, 3.63) is 63.8 Å². The Balaban J connectivity index is 1.84. The van der Waals surface area contributed by atoms with Gasteiger partial charge in [0.05, 0.1) is 11.1 Å². The zero-order valence-electron chi connectivity index (χ0n) is 14.1. The maximum atomic E-state index is 11.7. The number of nitrogens with one attached hydrogen (secondary N) is 2. The Labute approximate surface area is 147 Å². The summed E-state index contributed by atoms with van der Waals surface area (Å²) < 4.78 is 1.49. The molecule has 0 amide bonds. The van der Waals surface area contributed by atoms with Crippen LogP contribution in [0.2, 0.25) is 0 Å². The Kier molecular flexibility index (Phi) is 3.47. The smallest absolute Gasteiger partial charge is 0.337 e. The highest BCUT2D eigenvalue weighted by Crippen LogP contribution is 2.27. The highest BCUT2D eigenvalue weighted by atomic mass is 16.4. The van der Waals surface area contributed by atoms with Gasteiger partial charge in [0.15, 0.2) is 5.82 Å². The van der Waals surface area contributed by atoms with Gasteiger partial charge < -0.3 is 15.4 Å². The largest absolute Gasteiger partial charge is 0.478 e. The van der Waals surface area contributed by atoms with Crippen LogP contribution in [0.15, 0.2) is 41.6 Å². The second kappa shape index (κ2) is 5.69. The van der Waals surface area contributed by atoms with Crippen molar-refractivity contribution in [3.8, 4) is 0 Å². The number of hydrogen-bond acceptors (Lipinski definition) is 5. The van der Waals surface area contributed by atoms with Crippen molar-refractivity contribution in [2.24, 2.45) is 0 Å². The van der Waals surface area contributed by atoms with Crippen LogP contribution in [-0.2, 0) is 0 Å². The summed E-state index contributed by atoms with van der Waals surface area (Å²) >= 11 is 0. The molecule has 8 heteroatoms. The number of nitrogens with zero attached hydrogens (tertiary/aromatic N) is 3. The number of pyridine rings is 1. The van der Waals surface area contributed by atoms with Gasteiger partial charge in [0.25, 0.3) is 0 Å². The number of aromatic nitrogens is 4. The van der Waals surface area contributed by atoms with E-state index in [-0.39, 0.29) is 11.1 Å². The average molecular weight is 349 g/mol. The number of benzene rings is 1. The van der Waals surface area contributed by atoms with E-state index in [4.69, 9.17) is 0 Å². The topological polar surface area (TPSA) is 112 Å². The van der Waals surface area contributed by atoms with Gasteiger partial charge in [0.2, 0.25) is 5.56 Å². The zero-order chi connectivity index (χ0) is 18.4. The number of rotatable bonds is 3. The Bertz CT molecular complexity index is 1240. The molecule has 0 unspecified atom stereocenters. The van der Waals surface area contributed by atoms with Crippen LogP contribution in [0.1, 0.15) is 21.5 Å². The predicted molar refractivity (Wildman–Crippen MR) is 97.3 cm³/mol. The lowest BCUT2D eigenvalue weighted by molar-refractivity contribution is 0.0696. The van der Waals surface area contributed by atoms with E-state index in [1.54, 1.807) is 13.0 Å². The summed E-state index contributed by atoms with van der Waals surface area (Å²) in [5.41, 5.74) is 3.50. The molecule has 0 bridgehead atoms. The van der Waals surface area contributed by atoms with Crippen LogP contribution in [0.5, 0.6) is 0 Å². The number of carboxylic acids is 1. The summed E-state index contributed by atoms with van der Waals surface area (Å²) in [6.07, 6.45) is 2.81. The number of anilines is 2. The summed E-state index contributed by atoms with van der Waals surface area (Å²) in [4.78, 5) is 30.1. The van der Waals surface area contributed by atoms with Crippen molar-refractivity contribution in [2.75, 3.05) is 5.32 Å². The maximum absolute atomic E-state index is 11.7. The molecule has 4 aromatic rings. The first kappa shape index (κ1) is 15.8. The predicted octanol–water partition coefficient (Wildman–Crippen LogP) is 2.63. The average Bonchev–Trinajstić information content (AvgIpc) is 2.92. The maximum Gasteiger partial charge on any atom is 0.337 e. The third-order valence-corrected chi connectivity index (χ3v) is 4.37. The van der Waals surface area contributed by atoms with Gasteiger partial charge in [-0.05, 0) is 37.1 Å². The lowest BCUT2D eigenvalue weighted by atomic mass is 10.1. The fourth-order valence-electron chi connectivity index (χ4n) is 3.12. The van der Waals surface area contributed by atoms with Crippen LogP contribution in [0.4, 0.5) is 11.5 Å². The molecule has 3 N–H and O–H groups in total. The molecule has 130 valence electrons. The zero-order valence-corrected chi connectivity index (χ0v) is 14.1. The van der Waals surface area contributed by atoms with E-state index in [0.717, 1.165) is 16.6 Å². The fraction of sp³-hybridized carbons (Fsp3) is 0.111. The highest BCUT2D eigenvalue weighted by Gasteiger charge is 2.17. The molecule has 0 aliphatic heterocycles. The molecular formula is C18H15N5O3. The van der Waals surface area contributed by atoms with E-state index in [1.807, 2.05) is 25.1 Å². The number of hydrogen-bond donors (Lipinski definition) is 3. The van der Waals surface area contributed by atoms with E-state index in [2.05, 4.69) is 20.4 Å². The summed E-state index contributed by atoms with van der Waals surface area (Å²) in [5.74, 6) is -0.531. The lowest BCUT2D eigenvalue weighted by Gasteiger charge is -2.09. The van der Waals surface area contributed by atoms with Gasteiger partial charge in [0, 0.05) is 23.3 Å². The van der Waals surface area contributed by atoms with Crippen molar-refractivity contribution in [2.45, 2.75) is 13.8 Å². The number of aromatic carboxylic acids is 1. The molecule has 1 aromatic carbocycles. The molecule has 0 aliphatic rings. The molecule has 26 heavy (non-hydrogen) atoms. The van der Waals surface area contributed by atoms with Gasteiger partial charge in [-0.2, -0.15) is 5.10 Å². The molecular weight excluding hydrogens is 334 g/mol. The molecule has 0 radical (unpaired) electrons. The van der Waals surface area contributed by atoms with Gasteiger partial charge in [-0.15, -0.1) is 0 Å². The monoisotopic (exact) mass is 349 g/mol. The summed E-state index contributed by atoms with van der Waals surface area (Å²) in [7, 11) is 0. The Hall–Kier alpha value is -3.68. The van der Waals surface area contributed by atoms with E-state index < -0.39 is 5.97 Å². The second-order valence-electron chi connectivity index (χ2n) is 6.08. The van der Waals surface area contributed by atoms with Crippen molar-refractivity contribution in [1.29, 1.82) is 0 Å². The molecule has 0 spiro atoms. The van der Waals surface area contributed by atoms with Gasteiger partial charge >= 0.3 is 5.97 Å². The third kappa shape index (κ3) is 2.48. The molecule has 3 aromatic heterocycles. The highest BCUT2D eigenvalue weighted by molar-refractivity contribution is 5.94. The molecule has 0 saturated carbocycles. The minimum Gasteiger partial charge on any atom is -0.478 e. The van der Waals surface area contributed by atoms with Gasteiger partial charge in [-0.1, -0.05) is 6.07 Å². The summed E-state index contributed by atoms with van der Waals surface area (Å²) in [6.45, 7) is 3.60. The van der Waals surface area contributed by atoms with Crippen LogP contribution < -0.4 is 10.9 Å². The molecule has 0 fully saturated rings. The second-order valence-corrected chi connectivity index (χ2v) is 6.08. The lowest BCUT2D eigenvalue weighted by Crippen LogP contribution is -2.05. The molecule has 3 heterocycles. The number of fused-ring (bicyclic) bond motifs is 2. The Morgan fingerprint density at radius 1 is 1.27 bits per heavy atom. The van der Waals surface area contributed by atoms with Gasteiger partial charge in [-0.25, -0.2) is 14.3 Å². The first-order valence-corrected chi connectivity index (χ1v) is 7.91. The molecule has 0 saturated heterocycles. The summed E-state index contributed by atoms with van der Waals surface area (Å²) in [6, 6.07) is 7.16. The van der Waals surface area contributed by atoms with Crippen LogP contribution in [0.3, 0.4) is 0 Å². The first-order chi connectivity index (χ1) is 12.4. The van der Waals surface area contributed by atoms with Crippen molar-refractivity contribution in [1.82, 2.24) is 19.6 Å². The third-order valence-electron chi connectivity index (χ3n) is 4.37. The van der Waals surface area contributed by atoms with E-state index >= 15 is 0 Å². The minimum atomic E-state index is -1.02. The standard InChI is InChI=1S/C18H15N5O3/c1-9-5-15(24)22-14-6-11(3-4-12(9)14)21-17-16-10(2)13(18(25)26)7-23(16)20-8-19-17/h3-8H,1-2H3,(H,22,24)(H,25,26)(H,19,20,21). The molecule has 0 atom stereocenters. The molecule has 8 nitrogen and oxygen atoms in total. The van der Waals surface area contributed by atoms with Gasteiger partial charge in [-0.3, -0.25) is 4.79 Å². The molecule has 0 aliphatic carbocycles. The number of H-pyrrole nitrogens is 1. The quantitative estimate of drug-likeness (QED) is 0.524. The number of aryl methyl sites for hydroxylation is 2. The van der Waals surface area contributed by atoms with Crippen molar-refractivity contribution < 1.29 is 9.90 Å². The first-order valence-electron chi connectivity index (χ1n) is 7.91. The van der Waals surface area contributed by atoms with Crippen LogP contribution in [0, 0.1) is 13.8 Å². The van der Waals surface area contributed by atoms with Crippen molar-refractivity contribution >= 4 is 33.9 Å². The number of carboxylic acid groups (broad SMARTS) is 1. The Morgan fingerprint density at radius 2 is 2.08 bits per heavy atom. The Morgan fingerprint density at radius 3 is 2.85 bits per heavy atom. The van der Waals surface area contributed by atoms with E-state index in [9.17, 15) is 14.7 Å². The summed E-state index contributed by atoms with van der Waals surface area (Å²) in [5, 5.41) is 17.5. The fourth-order valence-corrected chi connectivity index (χ4v) is 3.12. The SMILES string of the molecule is Cc1cc(=O)[nH]c2cc(Nc3ncnn4cc(C(=O)O)c(C)c34)ccc12. The van der Waals surface area contributed by atoms with E-state index in [0.29, 0.717) is 22.4 Å². The van der Waals surface area contributed by atoms with Crippen LogP contribution in [0.25, 0.3) is 16.4 Å². The number of aromatic amines is 1. The normalized spacial score (nSPS) is 11.2. The van der Waals surface area contributed by atoms with Crippen LogP contribution in [-0.4, -0.2) is 30.7 Å². The number of carbonyl (C=O) groups is 1. The molecule has 4 rings (SSSR count). The van der Waals surface area contributed by atoms with Crippen LogP contribution >= 0.6 is 0 Å².